The molecule has 4 aromatic carbocycles. The van der Waals surface area contributed by atoms with E-state index in [4.69, 9.17) is 35.7 Å². The van der Waals surface area contributed by atoms with Crippen molar-refractivity contribution in [1.82, 2.24) is 9.80 Å². The van der Waals surface area contributed by atoms with Crippen LogP contribution in [0.4, 0.5) is 30.6 Å². The van der Waals surface area contributed by atoms with Crippen LogP contribution in [0.1, 0.15) is 114 Å². The molecule has 4 aliphatic carbocycles. The summed E-state index contributed by atoms with van der Waals surface area (Å²) in [5, 5.41) is 7.96. The topological polar surface area (TPSA) is 182 Å². The maximum Gasteiger partial charge on any atom is 1.00 e. The summed E-state index contributed by atoms with van der Waals surface area (Å²) in [4.78, 5) is 81.7. The number of fused-ring (bicyclic) bond motifs is 4. The van der Waals surface area contributed by atoms with Gasteiger partial charge in [0, 0.05) is 36.0 Å². The van der Waals surface area contributed by atoms with Gasteiger partial charge in [-0.3, -0.25) is 19.5 Å². The zero-order valence-corrected chi connectivity index (χ0v) is 45.5. The molecular weight excluding hydrogens is 979 g/mol. The summed E-state index contributed by atoms with van der Waals surface area (Å²) in [5.74, 6) is -0.965. The molecule has 6 aliphatic rings. The molecule has 4 amide bonds. The molecule has 74 heavy (non-hydrogen) atoms. The molecule has 4 saturated carbocycles. The Balaban J connectivity index is 0.000000214. The largest absolute Gasteiger partial charge is 1.00 e. The first-order valence-electron chi connectivity index (χ1n) is 25.3. The second-order valence-corrected chi connectivity index (χ2v) is 19.8. The summed E-state index contributed by atoms with van der Waals surface area (Å²) < 4.78 is 25.9. The van der Waals surface area contributed by atoms with Crippen molar-refractivity contribution < 1.29 is 88.5 Å². The van der Waals surface area contributed by atoms with Crippen LogP contribution in [0.3, 0.4) is 0 Å². The second kappa shape index (κ2) is 25.7. The fraction of sp³-hybridized carbons (Fsp3) is 0.464. The molecule has 2 aliphatic heterocycles. The van der Waals surface area contributed by atoms with Crippen molar-refractivity contribution in [2.24, 2.45) is 11.8 Å². The van der Waals surface area contributed by atoms with Crippen LogP contribution in [0, 0.1) is 11.8 Å². The SMILES string of the molecule is COC(=O)[C@H](C)O.COC(=O)[C@H](C)OC(=O)N(C1CC1)C1c2ccccc2N(C(=O)OCc2ccccc2)C2CCCC21.O=C(OCc1ccccc1)N1c2ccccc2C(N(C(=O)Cl)C2CC2)C2CCCC21.[H-].[Na+]. The number of carbonyl (C=O) groups excluding carboxylic acids is 6. The van der Waals surface area contributed by atoms with Crippen LogP contribution in [-0.2, 0) is 46.5 Å². The van der Waals surface area contributed by atoms with Crippen LogP contribution in [0.15, 0.2) is 109 Å². The predicted octanol–water partition coefficient (Wildman–Crippen LogP) is 7.75. The summed E-state index contributed by atoms with van der Waals surface area (Å²) in [6.07, 6.45) is 6.15. The van der Waals surface area contributed by atoms with Crippen LogP contribution in [-0.4, -0.2) is 101 Å². The fourth-order valence-corrected chi connectivity index (χ4v) is 11.3. The average molecular weight is 1050 g/mol. The van der Waals surface area contributed by atoms with Gasteiger partial charge in [0.25, 0.3) is 0 Å². The third-order valence-corrected chi connectivity index (χ3v) is 14.8. The predicted molar refractivity (Wildman–Crippen MR) is 273 cm³/mol. The van der Waals surface area contributed by atoms with Gasteiger partial charge in [-0.25, -0.2) is 24.0 Å². The molecule has 0 aromatic heterocycles. The van der Waals surface area contributed by atoms with Crippen LogP contribution in [0.25, 0.3) is 0 Å². The molecule has 2 heterocycles. The van der Waals surface area contributed by atoms with Gasteiger partial charge >= 0.3 is 65.1 Å². The third-order valence-electron chi connectivity index (χ3n) is 14.6. The molecular formula is C56H66ClN4NaO12. The van der Waals surface area contributed by atoms with Gasteiger partial charge in [0.1, 0.15) is 19.3 Å². The quantitative estimate of drug-likeness (QED) is 0.0508. The van der Waals surface area contributed by atoms with E-state index < -0.39 is 30.2 Å². The van der Waals surface area contributed by atoms with E-state index in [1.807, 2.05) is 124 Å². The standard InChI is InChI=1S/C28H32N2O6.C24H25ClN2O3.C4H8O3.Na.H/c1-18(26(31)34-2)36-28(33)29(20-15-16-20)25-21-11-6-7-13-23(21)30(24-14-8-12-22(24)25)27(32)35-17-19-9-4-3-5-10-19;25-23(28)26(17-13-14-17)22-18-9-4-5-11-20(18)27(21-12-6-10-19(21)22)24(29)30-15-16-7-2-1-3-8-16;1-3(5)4(6)7-2;;/h3-7,9-11,13,18,20,22,24-25H,8,12,14-17H2,1-2H3;1-5,7-9,11,17,19,21-22H,6,10,12-15H2;3,5H,1-2H3;;/q;;;+1;-1/t18-,22?,24?,25?;;3-;;/m0.0../s1. The number of methoxy groups -OCH3 is 2. The molecule has 16 nitrogen and oxygen atoms in total. The maximum atomic E-state index is 13.4. The van der Waals surface area contributed by atoms with Gasteiger partial charge in [-0.2, -0.15) is 0 Å². The molecule has 18 heteroatoms. The third kappa shape index (κ3) is 12.9. The Kier molecular flexibility index (Phi) is 19.5. The number of esters is 2. The van der Waals surface area contributed by atoms with Crippen LogP contribution in [0.5, 0.6) is 0 Å². The van der Waals surface area contributed by atoms with Gasteiger partial charge < -0.3 is 35.1 Å². The number of para-hydroxylation sites is 2. The van der Waals surface area contributed by atoms with E-state index in [0.29, 0.717) is 0 Å². The average Bonchev–Trinajstić information content (AvgIpc) is 4.33. The number of halogens is 1. The Hall–Kier alpha value is -5.65. The van der Waals surface area contributed by atoms with E-state index in [-0.39, 0.29) is 110 Å². The number of hydrogen-bond donors (Lipinski definition) is 1. The number of hydrogen-bond acceptors (Lipinski definition) is 12. The number of amides is 4. The number of anilines is 2. The van der Waals surface area contributed by atoms with Crippen LogP contribution >= 0.6 is 11.6 Å². The van der Waals surface area contributed by atoms with Gasteiger partial charge in [-0.15, -0.1) is 0 Å². The minimum atomic E-state index is -0.995. The Morgan fingerprint density at radius 2 is 1.00 bits per heavy atom. The van der Waals surface area contributed by atoms with Gasteiger partial charge in [0.15, 0.2) is 6.10 Å². The second-order valence-electron chi connectivity index (χ2n) is 19.4. The number of benzene rings is 4. The number of carbonyl (C=O) groups is 6. The van der Waals surface area contributed by atoms with E-state index in [1.165, 1.54) is 28.1 Å². The van der Waals surface area contributed by atoms with E-state index in [2.05, 4.69) is 4.74 Å². The number of aliphatic hydroxyl groups is 1. The Bertz CT molecular complexity index is 2590. The maximum absolute atomic E-state index is 13.4. The molecule has 6 unspecified atom stereocenters. The molecule has 0 saturated heterocycles. The molecule has 390 valence electrons. The molecule has 4 aromatic rings. The summed E-state index contributed by atoms with van der Waals surface area (Å²) in [7, 11) is 2.51. The van der Waals surface area contributed by atoms with Crippen molar-refractivity contribution in [3.8, 4) is 0 Å². The van der Waals surface area contributed by atoms with Crippen molar-refractivity contribution >= 4 is 58.6 Å². The van der Waals surface area contributed by atoms with Crippen LogP contribution < -0.4 is 39.4 Å². The Labute approximate surface area is 461 Å². The van der Waals surface area contributed by atoms with Gasteiger partial charge in [-0.1, -0.05) is 110 Å². The van der Waals surface area contributed by atoms with Gasteiger partial charge in [0.2, 0.25) is 0 Å². The summed E-state index contributed by atoms with van der Waals surface area (Å²) in [6, 6.07) is 34.9. The first kappa shape index (κ1) is 56.1. The van der Waals surface area contributed by atoms with E-state index in [9.17, 15) is 28.8 Å². The molecule has 0 radical (unpaired) electrons. The monoisotopic (exact) mass is 1040 g/mol. The van der Waals surface area contributed by atoms with Crippen molar-refractivity contribution in [1.29, 1.82) is 0 Å². The summed E-state index contributed by atoms with van der Waals surface area (Å²) in [6.45, 7) is 3.32. The normalized spacial score (nSPS) is 22.5. The number of nitrogens with zero attached hydrogens (tertiary/aromatic N) is 4. The van der Waals surface area contributed by atoms with Crippen molar-refractivity contribution in [2.75, 3.05) is 24.0 Å². The minimum absolute atomic E-state index is 0. The molecule has 10 rings (SSSR count). The number of aliphatic hydroxyl groups excluding tert-OH is 1. The molecule has 4 fully saturated rings. The van der Waals surface area contributed by atoms with Gasteiger partial charge in [-0.05, 0) is 111 Å². The van der Waals surface area contributed by atoms with Crippen molar-refractivity contribution in [3.05, 3.63) is 131 Å². The molecule has 8 atom stereocenters. The van der Waals surface area contributed by atoms with E-state index >= 15 is 0 Å². The van der Waals surface area contributed by atoms with Crippen molar-refractivity contribution in [3.63, 3.8) is 0 Å². The smallest absolute Gasteiger partial charge is 1.00 e. The Morgan fingerprint density at radius 3 is 1.39 bits per heavy atom. The first-order valence-corrected chi connectivity index (χ1v) is 25.7. The van der Waals surface area contributed by atoms with Gasteiger partial charge in [0.05, 0.1) is 37.7 Å². The molecule has 0 spiro atoms. The molecule has 0 bridgehead atoms. The number of ether oxygens (including phenoxy) is 5. The van der Waals surface area contributed by atoms with E-state index in [0.717, 1.165) is 97.8 Å². The zero-order valence-electron chi connectivity index (χ0n) is 43.8. The number of rotatable bonds is 11. The Morgan fingerprint density at radius 1 is 0.595 bits per heavy atom. The summed E-state index contributed by atoms with van der Waals surface area (Å²) in [5.41, 5.74) is 5.41. The fourth-order valence-electron chi connectivity index (χ4n) is 11.1. The van der Waals surface area contributed by atoms with Crippen molar-refractivity contribution in [2.45, 2.75) is 140 Å². The summed E-state index contributed by atoms with van der Waals surface area (Å²) >= 11 is 6.07. The van der Waals surface area contributed by atoms with Crippen LogP contribution in [0.2, 0.25) is 0 Å². The molecule has 1 N–H and O–H groups in total. The zero-order chi connectivity index (χ0) is 51.8. The minimum Gasteiger partial charge on any atom is -1.00 e. The first-order chi connectivity index (χ1) is 35.3. The van der Waals surface area contributed by atoms with E-state index in [1.54, 1.807) is 4.90 Å².